The topological polar surface area (TPSA) is 75.2 Å². The minimum absolute atomic E-state index is 0.0462. The van der Waals surface area contributed by atoms with Gasteiger partial charge in [-0.3, -0.25) is 9.89 Å². The predicted octanol–water partition coefficient (Wildman–Crippen LogP) is 2.64. The maximum atomic E-state index is 10.9. The first-order chi connectivity index (χ1) is 9.45. The molecule has 1 heterocycles. The summed E-state index contributed by atoms with van der Waals surface area (Å²) in [5.74, 6) is -0.00203. The van der Waals surface area contributed by atoms with Crippen molar-refractivity contribution in [2.75, 3.05) is 7.11 Å². The summed E-state index contributed by atoms with van der Waals surface area (Å²) in [5, 5.41) is 15.8. The number of nitrogens with one attached hydrogen (secondary N) is 1. The normalized spacial score (nSPS) is 10.6. The average molecular weight is 274 g/mol. The summed E-state index contributed by atoms with van der Waals surface area (Å²) in [7, 11) is 1.65. The molecule has 106 valence electrons. The molecule has 0 aliphatic heterocycles. The number of carbonyl (C=O) groups is 1. The van der Waals surface area contributed by atoms with Gasteiger partial charge in [-0.1, -0.05) is 0 Å². The number of methoxy groups -OCH3 is 1. The van der Waals surface area contributed by atoms with Gasteiger partial charge in [0, 0.05) is 11.1 Å². The third kappa shape index (κ3) is 2.39. The largest absolute Gasteiger partial charge is 0.496 e. The van der Waals surface area contributed by atoms with Gasteiger partial charge in [-0.2, -0.15) is 5.10 Å². The molecule has 0 radical (unpaired) electrons. The van der Waals surface area contributed by atoms with Crippen LogP contribution in [0.4, 0.5) is 0 Å². The molecule has 20 heavy (non-hydrogen) atoms. The number of aliphatic carboxylic acids is 1. The lowest BCUT2D eigenvalue weighted by molar-refractivity contribution is -0.136. The van der Waals surface area contributed by atoms with Crippen molar-refractivity contribution in [3.05, 3.63) is 34.5 Å². The van der Waals surface area contributed by atoms with Crippen LogP contribution in [0.2, 0.25) is 0 Å². The first-order valence-electron chi connectivity index (χ1n) is 6.35. The van der Waals surface area contributed by atoms with Crippen molar-refractivity contribution in [2.45, 2.75) is 27.2 Å². The molecular formula is C15H18N2O3. The van der Waals surface area contributed by atoms with Gasteiger partial charge in [-0.15, -0.1) is 0 Å². The van der Waals surface area contributed by atoms with Crippen LogP contribution in [0.1, 0.15) is 22.3 Å². The molecule has 2 rings (SSSR count). The number of ether oxygens (including phenoxy) is 1. The second-order valence-corrected chi connectivity index (χ2v) is 4.87. The van der Waals surface area contributed by atoms with Gasteiger partial charge in [-0.05, 0) is 43.5 Å². The lowest BCUT2D eigenvalue weighted by atomic mass is 9.94. The second-order valence-electron chi connectivity index (χ2n) is 4.87. The van der Waals surface area contributed by atoms with Crippen LogP contribution in [0.15, 0.2) is 12.3 Å². The highest BCUT2D eigenvalue weighted by molar-refractivity contribution is 5.77. The molecule has 2 aromatic rings. The van der Waals surface area contributed by atoms with E-state index in [0.717, 1.165) is 33.7 Å². The smallest absolute Gasteiger partial charge is 0.307 e. The molecule has 1 aromatic heterocycles. The maximum absolute atomic E-state index is 10.9. The summed E-state index contributed by atoms with van der Waals surface area (Å²) >= 11 is 0. The van der Waals surface area contributed by atoms with E-state index in [2.05, 4.69) is 10.2 Å². The van der Waals surface area contributed by atoms with E-state index in [4.69, 9.17) is 9.84 Å². The molecule has 5 nitrogen and oxygen atoms in total. The molecule has 0 unspecified atom stereocenters. The van der Waals surface area contributed by atoms with Gasteiger partial charge < -0.3 is 9.84 Å². The number of benzene rings is 1. The van der Waals surface area contributed by atoms with Gasteiger partial charge in [0.1, 0.15) is 5.75 Å². The minimum Gasteiger partial charge on any atom is -0.496 e. The van der Waals surface area contributed by atoms with Crippen molar-refractivity contribution in [3.8, 4) is 17.0 Å². The highest BCUT2D eigenvalue weighted by Gasteiger charge is 2.17. The maximum Gasteiger partial charge on any atom is 0.307 e. The fourth-order valence-corrected chi connectivity index (χ4v) is 2.47. The van der Waals surface area contributed by atoms with Crippen LogP contribution in [-0.4, -0.2) is 28.4 Å². The SMILES string of the molecule is COc1c(C)cc(-c2[nH]ncc2CC(=O)O)c(C)c1C. The van der Waals surface area contributed by atoms with Crippen molar-refractivity contribution in [1.29, 1.82) is 0 Å². The molecule has 0 saturated heterocycles. The van der Waals surface area contributed by atoms with Crippen LogP contribution in [0.25, 0.3) is 11.3 Å². The number of hydrogen-bond acceptors (Lipinski definition) is 3. The number of hydrogen-bond donors (Lipinski definition) is 2. The van der Waals surface area contributed by atoms with E-state index < -0.39 is 5.97 Å². The Morgan fingerprint density at radius 3 is 2.65 bits per heavy atom. The predicted molar refractivity (Wildman–Crippen MR) is 76.1 cm³/mol. The van der Waals surface area contributed by atoms with Crippen LogP contribution in [-0.2, 0) is 11.2 Å². The van der Waals surface area contributed by atoms with Crippen LogP contribution < -0.4 is 4.74 Å². The molecule has 0 fully saturated rings. The Morgan fingerprint density at radius 2 is 2.05 bits per heavy atom. The van der Waals surface area contributed by atoms with E-state index in [1.54, 1.807) is 13.3 Å². The fourth-order valence-electron chi connectivity index (χ4n) is 2.47. The molecule has 0 spiro atoms. The Labute approximate surface area is 117 Å². The van der Waals surface area contributed by atoms with Gasteiger partial charge in [0.25, 0.3) is 0 Å². The molecular weight excluding hydrogens is 256 g/mol. The zero-order chi connectivity index (χ0) is 14.9. The third-order valence-electron chi connectivity index (χ3n) is 3.56. The summed E-state index contributed by atoms with van der Waals surface area (Å²) in [5.41, 5.74) is 5.54. The van der Waals surface area contributed by atoms with Crippen molar-refractivity contribution >= 4 is 5.97 Å². The number of carboxylic acid groups (broad SMARTS) is 1. The molecule has 0 bridgehead atoms. The van der Waals surface area contributed by atoms with Gasteiger partial charge in [0.05, 0.1) is 25.4 Å². The summed E-state index contributed by atoms with van der Waals surface area (Å²) < 4.78 is 5.40. The molecule has 1 aromatic carbocycles. The highest BCUT2D eigenvalue weighted by atomic mass is 16.5. The number of rotatable bonds is 4. The van der Waals surface area contributed by atoms with Crippen LogP contribution in [0.3, 0.4) is 0 Å². The number of aryl methyl sites for hydroxylation is 1. The summed E-state index contributed by atoms with van der Waals surface area (Å²) in [6, 6.07) is 2.00. The van der Waals surface area contributed by atoms with Crippen LogP contribution in [0.5, 0.6) is 5.75 Å². The number of H-pyrrole nitrogens is 1. The molecule has 0 aliphatic carbocycles. The standard InChI is InChI=1S/C15H18N2O3/c1-8-5-12(9(2)10(3)15(8)20-4)14-11(6-13(18)19)7-16-17-14/h5,7H,6H2,1-4H3,(H,16,17)(H,18,19). The molecule has 2 N–H and O–H groups in total. The van der Waals surface area contributed by atoms with E-state index in [9.17, 15) is 4.79 Å². The van der Waals surface area contributed by atoms with E-state index in [1.165, 1.54) is 0 Å². The Hall–Kier alpha value is -2.30. The average Bonchev–Trinajstić information content (AvgIpc) is 2.81. The monoisotopic (exact) mass is 274 g/mol. The fraction of sp³-hybridized carbons (Fsp3) is 0.333. The lowest BCUT2D eigenvalue weighted by Gasteiger charge is -2.15. The number of aromatic nitrogens is 2. The number of aromatic amines is 1. The highest BCUT2D eigenvalue weighted by Crippen LogP contribution is 2.34. The van der Waals surface area contributed by atoms with E-state index >= 15 is 0 Å². The van der Waals surface area contributed by atoms with Crippen molar-refractivity contribution < 1.29 is 14.6 Å². The number of nitrogens with zero attached hydrogens (tertiary/aromatic N) is 1. The minimum atomic E-state index is -0.868. The Morgan fingerprint density at radius 1 is 1.35 bits per heavy atom. The van der Waals surface area contributed by atoms with Crippen molar-refractivity contribution in [1.82, 2.24) is 10.2 Å². The van der Waals surface area contributed by atoms with Gasteiger partial charge in [-0.25, -0.2) is 0 Å². The van der Waals surface area contributed by atoms with Crippen molar-refractivity contribution in [2.24, 2.45) is 0 Å². The summed E-state index contributed by atoms with van der Waals surface area (Å²) in [6.45, 7) is 5.97. The third-order valence-corrected chi connectivity index (χ3v) is 3.56. The molecule has 0 aliphatic rings. The van der Waals surface area contributed by atoms with Gasteiger partial charge in [0.15, 0.2) is 0 Å². The molecule has 0 saturated carbocycles. The van der Waals surface area contributed by atoms with E-state index in [1.807, 2.05) is 26.8 Å². The van der Waals surface area contributed by atoms with Gasteiger partial charge in [0.2, 0.25) is 0 Å². The molecule has 5 heteroatoms. The first kappa shape index (κ1) is 14.1. The summed E-state index contributed by atoms with van der Waals surface area (Å²) in [6.07, 6.45) is 1.52. The lowest BCUT2D eigenvalue weighted by Crippen LogP contribution is -2.02. The van der Waals surface area contributed by atoms with E-state index in [-0.39, 0.29) is 6.42 Å². The summed E-state index contributed by atoms with van der Waals surface area (Å²) in [4.78, 5) is 10.9. The Kier molecular flexibility index (Phi) is 3.79. The Bertz CT molecular complexity index is 659. The van der Waals surface area contributed by atoms with Crippen LogP contribution >= 0.6 is 0 Å². The Balaban J connectivity index is 2.59. The molecule has 0 amide bonds. The first-order valence-corrected chi connectivity index (χ1v) is 6.35. The zero-order valence-corrected chi connectivity index (χ0v) is 12.1. The molecule has 0 atom stereocenters. The van der Waals surface area contributed by atoms with E-state index in [0.29, 0.717) is 5.56 Å². The van der Waals surface area contributed by atoms with Gasteiger partial charge >= 0.3 is 5.97 Å². The second kappa shape index (κ2) is 5.36. The van der Waals surface area contributed by atoms with Crippen molar-refractivity contribution in [3.63, 3.8) is 0 Å². The number of carboxylic acids is 1. The zero-order valence-electron chi connectivity index (χ0n) is 12.1. The quantitative estimate of drug-likeness (QED) is 0.898. The van der Waals surface area contributed by atoms with Crippen LogP contribution in [0, 0.1) is 20.8 Å².